The van der Waals surface area contributed by atoms with Crippen molar-refractivity contribution in [3.05, 3.63) is 18.2 Å². The van der Waals surface area contributed by atoms with Crippen LogP contribution in [0.25, 0.3) is 0 Å². The van der Waals surface area contributed by atoms with Crippen molar-refractivity contribution in [2.45, 2.75) is 20.3 Å². The van der Waals surface area contributed by atoms with E-state index in [9.17, 15) is 4.79 Å². The number of ketones is 1. The molecule has 4 heteroatoms. The number of hydrogen-bond acceptors (Lipinski definition) is 3. The fraction of sp³-hybridized carbons (Fsp3) is 0.636. The van der Waals surface area contributed by atoms with Crippen molar-refractivity contribution in [2.24, 2.45) is 24.6 Å². The molecule has 0 saturated heterocycles. The van der Waals surface area contributed by atoms with Gasteiger partial charge in [0, 0.05) is 31.9 Å². The lowest BCUT2D eigenvalue weighted by molar-refractivity contribution is -0.123. The maximum Gasteiger partial charge on any atom is 0.144 e. The number of aryl methyl sites for hydroxylation is 1. The van der Waals surface area contributed by atoms with E-state index in [1.165, 1.54) is 0 Å². The number of carbonyl (C=O) groups is 1. The average molecular weight is 209 g/mol. The Morgan fingerprint density at radius 3 is 2.67 bits per heavy atom. The van der Waals surface area contributed by atoms with Gasteiger partial charge in [0.25, 0.3) is 0 Å². The first-order valence-corrected chi connectivity index (χ1v) is 5.25. The van der Waals surface area contributed by atoms with E-state index in [4.69, 9.17) is 5.73 Å². The average Bonchev–Trinajstić information content (AvgIpc) is 2.52. The second-order valence-corrected chi connectivity index (χ2v) is 4.18. The van der Waals surface area contributed by atoms with Gasteiger partial charge in [-0.3, -0.25) is 4.79 Å². The van der Waals surface area contributed by atoms with Crippen LogP contribution in [0.1, 0.15) is 19.7 Å². The van der Waals surface area contributed by atoms with Crippen LogP contribution in [0.3, 0.4) is 0 Å². The summed E-state index contributed by atoms with van der Waals surface area (Å²) in [7, 11) is 1.89. The molecule has 0 amide bonds. The van der Waals surface area contributed by atoms with Gasteiger partial charge in [-0.25, -0.2) is 4.98 Å². The van der Waals surface area contributed by atoms with Crippen LogP contribution in [0.2, 0.25) is 0 Å². The number of imidazole rings is 1. The van der Waals surface area contributed by atoms with Crippen LogP contribution in [-0.4, -0.2) is 21.9 Å². The normalized spacial score (nSPS) is 13.1. The van der Waals surface area contributed by atoms with Crippen molar-refractivity contribution in [3.8, 4) is 0 Å². The minimum Gasteiger partial charge on any atom is -0.338 e. The van der Waals surface area contributed by atoms with Crippen LogP contribution in [0.15, 0.2) is 12.4 Å². The highest BCUT2D eigenvalue weighted by Crippen LogP contribution is 2.12. The summed E-state index contributed by atoms with van der Waals surface area (Å²) in [5, 5.41) is 0. The van der Waals surface area contributed by atoms with Crippen LogP contribution in [0.4, 0.5) is 0 Å². The van der Waals surface area contributed by atoms with Crippen LogP contribution in [0.5, 0.6) is 0 Å². The largest absolute Gasteiger partial charge is 0.338 e. The first-order chi connectivity index (χ1) is 7.06. The Labute approximate surface area is 90.5 Å². The molecule has 0 aliphatic heterocycles. The molecule has 1 rings (SSSR count). The number of hydrogen-bond donors (Lipinski definition) is 1. The van der Waals surface area contributed by atoms with Gasteiger partial charge in [-0.1, -0.05) is 13.8 Å². The van der Waals surface area contributed by atoms with E-state index >= 15 is 0 Å². The zero-order valence-corrected chi connectivity index (χ0v) is 9.60. The number of Topliss-reactive ketones (excluding diaryl/α,β-unsaturated/α-hetero) is 1. The van der Waals surface area contributed by atoms with E-state index < -0.39 is 0 Å². The molecule has 2 N–H and O–H groups in total. The monoisotopic (exact) mass is 209 g/mol. The molecule has 0 aliphatic rings. The highest BCUT2D eigenvalue weighted by Gasteiger charge is 2.21. The summed E-state index contributed by atoms with van der Waals surface area (Å²) in [6.07, 6.45) is 3.93. The van der Waals surface area contributed by atoms with Crippen molar-refractivity contribution in [1.29, 1.82) is 0 Å². The first kappa shape index (κ1) is 11.9. The summed E-state index contributed by atoms with van der Waals surface area (Å²) < 4.78 is 1.87. The third-order valence-electron chi connectivity index (χ3n) is 2.73. The maximum absolute atomic E-state index is 11.9. The van der Waals surface area contributed by atoms with Gasteiger partial charge >= 0.3 is 0 Å². The lowest BCUT2D eigenvalue weighted by Crippen LogP contribution is -2.30. The summed E-state index contributed by atoms with van der Waals surface area (Å²) in [6.45, 7) is 4.46. The second kappa shape index (κ2) is 5.07. The summed E-state index contributed by atoms with van der Waals surface area (Å²) in [4.78, 5) is 16.0. The molecule has 0 aliphatic carbocycles. The van der Waals surface area contributed by atoms with Gasteiger partial charge in [0.1, 0.15) is 11.6 Å². The molecule has 0 fully saturated rings. The minimum absolute atomic E-state index is 0.0540. The van der Waals surface area contributed by atoms with E-state index in [0.717, 1.165) is 5.82 Å². The molecule has 1 unspecified atom stereocenters. The Hall–Kier alpha value is -1.16. The van der Waals surface area contributed by atoms with E-state index in [1.54, 1.807) is 6.20 Å². The molecule has 4 nitrogen and oxygen atoms in total. The molecular weight excluding hydrogens is 190 g/mol. The predicted octanol–water partition coefficient (Wildman–Crippen LogP) is 0.763. The Balaban J connectivity index is 2.66. The molecule has 0 aromatic carbocycles. The number of carbonyl (C=O) groups excluding carboxylic acids is 1. The van der Waals surface area contributed by atoms with Crippen LogP contribution in [0, 0.1) is 11.8 Å². The molecule has 1 heterocycles. The van der Waals surface area contributed by atoms with Crippen LogP contribution in [-0.2, 0) is 18.3 Å². The van der Waals surface area contributed by atoms with E-state index in [2.05, 4.69) is 4.98 Å². The van der Waals surface area contributed by atoms with Crippen LogP contribution >= 0.6 is 0 Å². The minimum atomic E-state index is -0.0540. The lowest BCUT2D eigenvalue weighted by atomic mass is 9.90. The van der Waals surface area contributed by atoms with E-state index in [-0.39, 0.29) is 11.7 Å². The van der Waals surface area contributed by atoms with Gasteiger partial charge in [0.15, 0.2) is 0 Å². The third kappa shape index (κ3) is 2.89. The third-order valence-corrected chi connectivity index (χ3v) is 2.73. The molecule has 1 atom stereocenters. The molecule has 0 spiro atoms. The van der Waals surface area contributed by atoms with Crippen molar-refractivity contribution in [2.75, 3.05) is 6.54 Å². The van der Waals surface area contributed by atoms with Gasteiger partial charge in [-0.15, -0.1) is 0 Å². The predicted molar refractivity (Wildman–Crippen MR) is 59.3 cm³/mol. The molecule has 15 heavy (non-hydrogen) atoms. The van der Waals surface area contributed by atoms with Gasteiger partial charge in [0.05, 0.1) is 6.42 Å². The topological polar surface area (TPSA) is 60.9 Å². The summed E-state index contributed by atoms with van der Waals surface area (Å²) >= 11 is 0. The van der Waals surface area contributed by atoms with Crippen molar-refractivity contribution >= 4 is 5.78 Å². The highest BCUT2D eigenvalue weighted by atomic mass is 16.1. The number of nitrogens with zero attached hydrogens (tertiary/aromatic N) is 2. The fourth-order valence-corrected chi connectivity index (χ4v) is 1.63. The number of nitrogens with two attached hydrogens (primary N) is 1. The van der Waals surface area contributed by atoms with Crippen molar-refractivity contribution in [3.63, 3.8) is 0 Å². The Morgan fingerprint density at radius 2 is 2.27 bits per heavy atom. The van der Waals surface area contributed by atoms with Crippen molar-refractivity contribution in [1.82, 2.24) is 9.55 Å². The lowest BCUT2D eigenvalue weighted by Gasteiger charge is -2.17. The smallest absolute Gasteiger partial charge is 0.144 e. The standard InChI is InChI=1S/C11H19N3O/c1-8(2)9(7-12)10(15)6-11-13-4-5-14(11)3/h4-5,8-9H,6-7,12H2,1-3H3. The summed E-state index contributed by atoms with van der Waals surface area (Å²) in [6, 6.07) is 0. The van der Waals surface area contributed by atoms with Gasteiger partial charge < -0.3 is 10.3 Å². The van der Waals surface area contributed by atoms with Gasteiger partial charge in [-0.2, -0.15) is 0 Å². The SMILES string of the molecule is CC(C)C(CN)C(=O)Cc1nccn1C. The first-order valence-electron chi connectivity index (χ1n) is 5.25. The van der Waals surface area contributed by atoms with E-state index in [1.807, 2.05) is 31.7 Å². The number of rotatable bonds is 5. The summed E-state index contributed by atoms with van der Waals surface area (Å²) in [5.41, 5.74) is 5.59. The Bertz CT molecular complexity index is 330. The molecule has 0 saturated carbocycles. The number of aromatic nitrogens is 2. The highest BCUT2D eigenvalue weighted by molar-refractivity contribution is 5.83. The fourth-order valence-electron chi connectivity index (χ4n) is 1.63. The molecule has 0 bridgehead atoms. The molecule has 1 aromatic rings. The molecule has 1 aromatic heterocycles. The van der Waals surface area contributed by atoms with Crippen LogP contribution < -0.4 is 5.73 Å². The maximum atomic E-state index is 11.9. The van der Waals surface area contributed by atoms with Gasteiger partial charge in [0.2, 0.25) is 0 Å². The molecule has 0 radical (unpaired) electrons. The zero-order valence-electron chi connectivity index (χ0n) is 9.60. The Morgan fingerprint density at radius 1 is 1.60 bits per heavy atom. The Kier molecular flexibility index (Phi) is 4.03. The zero-order chi connectivity index (χ0) is 11.4. The molecule has 84 valence electrons. The summed E-state index contributed by atoms with van der Waals surface area (Å²) in [5.74, 6) is 1.23. The second-order valence-electron chi connectivity index (χ2n) is 4.18. The van der Waals surface area contributed by atoms with Gasteiger partial charge in [-0.05, 0) is 5.92 Å². The quantitative estimate of drug-likeness (QED) is 0.779. The van der Waals surface area contributed by atoms with Crippen molar-refractivity contribution < 1.29 is 4.79 Å². The molecular formula is C11H19N3O. The van der Waals surface area contributed by atoms with E-state index in [0.29, 0.717) is 18.9 Å².